The van der Waals surface area contributed by atoms with Crippen molar-refractivity contribution < 1.29 is 13.2 Å². The van der Waals surface area contributed by atoms with Gasteiger partial charge >= 0.3 is 0 Å². The summed E-state index contributed by atoms with van der Waals surface area (Å²) in [5.74, 6) is 0.706. The van der Waals surface area contributed by atoms with Crippen molar-refractivity contribution in [2.75, 3.05) is 24.5 Å². The van der Waals surface area contributed by atoms with E-state index in [0.717, 1.165) is 37.3 Å². The van der Waals surface area contributed by atoms with Crippen molar-refractivity contribution in [2.24, 2.45) is 5.14 Å². The van der Waals surface area contributed by atoms with Gasteiger partial charge in [0.1, 0.15) is 5.82 Å². The van der Waals surface area contributed by atoms with Crippen LogP contribution in [-0.2, 0) is 16.4 Å². The smallest absolute Gasteiger partial charge is 0.251 e. The van der Waals surface area contributed by atoms with Crippen LogP contribution in [0.4, 0.5) is 5.82 Å². The lowest BCUT2D eigenvalue weighted by Gasteiger charge is -2.27. The fourth-order valence-corrected chi connectivity index (χ4v) is 3.64. The van der Waals surface area contributed by atoms with Gasteiger partial charge in [-0.05, 0) is 55.5 Å². The molecular weight excluding hydrogens is 364 g/mol. The van der Waals surface area contributed by atoms with Gasteiger partial charge in [-0.1, -0.05) is 12.1 Å². The Hall–Kier alpha value is -2.45. The maximum Gasteiger partial charge on any atom is 0.251 e. The molecular formula is C19H24N4O3S. The van der Waals surface area contributed by atoms with Gasteiger partial charge in [0.05, 0.1) is 4.90 Å². The minimum absolute atomic E-state index is 0.0808. The van der Waals surface area contributed by atoms with Gasteiger partial charge in [0.15, 0.2) is 0 Å². The molecule has 144 valence electrons. The molecule has 7 nitrogen and oxygen atoms in total. The SMILES string of the molecule is NS(=O)(=O)c1ccc(CCNC(=O)c2ccnc(N3CCCCC3)c2)cc1. The number of nitrogens with two attached hydrogens (primary N) is 1. The van der Waals surface area contributed by atoms with E-state index in [0.29, 0.717) is 18.5 Å². The Morgan fingerprint density at radius 2 is 1.81 bits per heavy atom. The average Bonchev–Trinajstić information content (AvgIpc) is 2.68. The lowest BCUT2D eigenvalue weighted by Crippen LogP contribution is -2.31. The Balaban J connectivity index is 1.55. The summed E-state index contributed by atoms with van der Waals surface area (Å²) in [5, 5.41) is 7.98. The van der Waals surface area contributed by atoms with Crippen molar-refractivity contribution in [3.63, 3.8) is 0 Å². The van der Waals surface area contributed by atoms with E-state index in [2.05, 4.69) is 15.2 Å². The zero-order valence-corrected chi connectivity index (χ0v) is 15.9. The minimum atomic E-state index is -3.68. The summed E-state index contributed by atoms with van der Waals surface area (Å²) in [6, 6.07) is 9.89. The first-order chi connectivity index (χ1) is 12.9. The highest BCUT2D eigenvalue weighted by molar-refractivity contribution is 7.89. The molecule has 1 aromatic heterocycles. The van der Waals surface area contributed by atoms with Crippen LogP contribution in [-0.4, -0.2) is 38.9 Å². The van der Waals surface area contributed by atoms with Crippen LogP contribution in [0.5, 0.6) is 0 Å². The highest BCUT2D eigenvalue weighted by atomic mass is 32.2. The second-order valence-corrected chi connectivity index (χ2v) is 8.21. The van der Waals surface area contributed by atoms with Gasteiger partial charge in [0, 0.05) is 31.4 Å². The number of hydrogen-bond donors (Lipinski definition) is 2. The van der Waals surface area contributed by atoms with Crippen molar-refractivity contribution in [3.8, 4) is 0 Å². The fraction of sp³-hybridized carbons (Fsp3) is 0.368. The third-order valence-corrected chi connectivity index (χ3v) is 5.57. The third-order valence-electron chi connectivity index (χ3n) is 4.64. The van der Waals surface area contributed by atoms with Crippen LogP contribution in [0.25, 0.3) is 0 Å². The molecule has 0 radical (unpaired) electrons. The number of carbonyl (C=O) groups is 1. The molecule has 2 aromatic rings. The molecule has 1 fully saturated rings. The molecule has 0 aliphatic carbocycles. The molecule has 0 spiro atoms. The number of pyridine rings is 1. The van der Waals surface area contributed by atoms with E-state index in [1.807, 2.05) is 6.07 Å². The summed E-state index contributed by atoms with van der Waals surface area (Å²) < 4.78 is 22.5. The summed E-state index contributed by atoms with van der Waals surface area (Å²) in [6.07, 6.45) is 5.82. The van der Waals surface area contributed by atoms with E-state index in [1.54, 1.807) is 24.4 Å². The van der Waals surface area contributed by atoms with E-state index < -0.39 is 10.0 Å². The summed E-state index contributed by atoms with van der Waals surface area (Å²) in [6.45, 7) is 2.41. The largest absolute Gasteiger partial charge is 0.357 e. The van der Waals surface area contributed by atoms with Crippen molar-refractivity contribution in [1.29, 1.82) is 0 Å². The maximum absolute atomic E-state index is 12.4. The number of anilines is 1. The number of sulfonamides is 1. The molecule has 3 rings (SSSR count). The van der Waals surface area contributed by atoms with Crippen LogP contribution in [0.3, 0.4) is 0 Å². The molecule has 0 atom stereocenters. The Morgan fingerprint density at radius 1 is 1.11 bits per heavy atom. The standard InChI is InChI=1S/C19H24N4O3S/c20-27(25,26)17-6-4-15(5-7-17)8-10-22-19(24)16-9-11-21-18(14-16)23-12-2-1-3-13-23/h4-7,9,11,14H,1-3,8,10,12-13H2,(H,22,24)(H2,20,25,26). The molecule has 1 aromatic carbocycles. The summed E-state index contributed by atoms with van der Waals surface area (Å²) in [7, 11) is -3.68. The number of nitrogens with one attached hydrogen (secondary N) is 1. The molecule has 27 heavy (non-hydrogen) atoms. The van der Waals surface area contributed by atoms with Crippen LogP contribution < -0.4 is 15.4 Å². The average molecular weight is 388 g/mol. The van der Waals surface area contributed by atoms with Crippen LogP contribution in [0.15, 0.2) is 47.5 Å². The topological polar surface area (TPSA) is 105 Å². The van der Waals surface area contributed by atoms with Crippen LogP contribution >= 0.6 is 0 Å². The van der Waals surface area contributed by atoms with Gasteiger partial charge in [-0.2, -0.15) is 0 Å². The number of aromatic nitrogens is 1. The zero-order chi connectivity index (χ0) is 19.3. The quantitative estimate of drug-likeness (QED) is 0.783. The molecule has 0 unspecified atom stereocenters. The van der Waals surface area contributed by atoms with Gasteiger partial charge in [-0.25, -0.2) is 18.5 Å². The number of amides is 1. The molecule has 0 bridgehead atoms. The molecule has 1 aliphatic rings. The number of carbonyl (C=O) groups excluding carboxylic acids is 1. The highest BCUT2D eigenvalue weighted by Crippen LogP contribution is 2.18. The van der Waals surface area contributed by atoms with E-state index in [1.165, 1.54) is 18.6 Å². The van der Waals surface area contributed by atoms with E-state index in [9.17, 15) is 13.2 Å². The van der Waals surface area contributed by atoms with Gasteiger partial charge in [-0.3, -0.25) is 4.79 Å². The number of nitrogens with zero attached hydrogens (tertiary/aromatic N) is 2. The van der Waals surface area contributed by atoms with Crippen molar-refractivity contribution in [1.82, 2.24) is 10.3 Å². The van der Waals surface area contributed by atoms with Crippen molar-refractivity contribution >= 4 is 21.7 Å². The molecule has 0 saturated carbocycles. The number of piperidine rings is 1. The van der Waals surface area contributed by atoms with E-state index in [-0.39, 0.29) is 10.8 Å². The monoisotopic (exact) mass is 388 g/mol. The normalized spacial score (nSPS) is 14.8. The molecule has 1 saturated heterocycles. The van der Waals surface area contributed by atoms with Gasteiger partial charge in [0.25, 0.3) is 5.91 Å². The molecule has 8 heteroatoms. The molecule has 1 amide bonds. The van der Waals surface area contributed by atoms with Crippen LogP contribution in [0, 0.1) is 0 Å². The number of primary sulfonamides is 1. The minimum Gasteiger partial charge on any atom is -0.357 e. The van der Waals surface area contributed by atoms with Crippen molar-refractivity contribution in [3.05, 3.63) is 53.7 Å². The number of benzene rings is 1. The van der Waals surface area contributed by atoms with Crippen molar-refractivity contribution in [2.45, 2.75) is 30.6 Å². The summed E-state index contributed by atoms with van der Waals surface area (Å²) in [4.78, 5) is 19.1. The van der Waals surface area contributed by atoms with Gasteiger partial charge in [-0.15, -0.1) is 0 Å². The van der Waals surface area contributed by atoms with Gasteiger partial charge < -0.3 is 10.2 Å². The summed E-state index contributed by atoms with van der Waals surface area (Å²) in [5.41, 5.74) is 1.52. The first-order valence-electron chi connectivity index (χ1n) is 9.04. The lowest BCUT2D eigenvalue weighted by atomic mass is 10.1. The molecule has 1 aliphatic heterocycles. The molecule has 3 N–H and O–H groups in total. The van der Waals surface area contributed by atoms with Gasteiger partial charge in [0.2, 0.25) is 10.0 Å². The Kier molecular flexibility index (Phi) is 6.08. The Morgan fingerprint density at radius 3 is 2.48 bits per heavy atom. The number of hydrogen-bond acceptors (Lipinski definition) is 5. The molecule has 2 heterocycles. The first-order valence-corrected chi connectivity index (χ1v) is 10.6. The van der Waals surface area contributed by atoms with Crippen LogP contribution in [0.1, 0.15) is 35.2 Å². The Labute approximate surface area is 159 Å². The highest BCUT2D eigenvalue weighted by Gasteiger charge is 2.14. The second-order valence-electron chi connectivity index (χ2n) is 6.65. The Bertz CT molecular complexity index is 891. The third kappa shape index (κ3) is 5.27. The van der Waals surface area contributed by atoms with Crippen LogP contribution in [0.2, 0.25) is 0 Å². The second kappa shape index (κ2) is 8.49. The summed E-state index contributed by atoms with van der Waals surface area (Å²) >= 11 is 0. The zero-order valence-electron chi connectivity index (χ0n) is 15.1. The number of rotatable bonds is 6. The fourth-order valence-electron chi connectivity index (χ4n) is 3.12. The lowest BCUT2D eigenvalue weighted by molar-refractivity contribution is 0.0954. The first kappa shape index (κ1) is 19.3. The maximum atomic E-state index is 12.4. The van der Waals surface area contributed by atoms with E-state index in [4.69, 9.17) is 5.14 Å². The van der Waals surface area contributed by atoms with E-state index >= 15 is 0 Å². The predicted octanol–water partition coefficient (Wildman–Crippen LogP) is 1.69. The predicted molar refractivity (Wildman–Crippen MR) is 104 cm³/mol.